The molecule has 0 aromatic heterocycles. The van der Waals surface area contributed by atoms with Gasteiger partial charge in [0, 0.05) is 0 Å². The predicted molar refractivity (Wildman–Crippen MR) is 89.3 cm³/mol. The fourth-order valence-corrected chi connectivity index (χ4v) is 3.92. The Morgan fingerprint density at radius 3 is 1.25 bits per heavy atom. The predicted octanol–water partition coefficient (Wildman–Crippen LogP) is -4.24. The maximum Gasteiger partial charge on any atom is 0.398 e. The molecular formula is C6H12O21S5. The second kappa shape index (κ2) is 11.0. The molecule has 0 radical (unpaired) electrons. The van der Waals surface area contributed by atoms with Gasteiger partial charge in [-0.1, -0.05) is 0 Å². The molecule has 0 spiro atoms. The van der Waals surface area contributed by atoms with Crippen LogP contribution in [0.4, 0.5) is 0 Å². The zero-order chi connectivity index (χ0) is 25.8. The molecule has 0 fully saturated rings. The van der Waals surface area contributed by atoms with Crippen molar-refractivity contribution in [3.05, 3.63) is 0 Å². The molecule has 0 aliphatic rings. The Balaban J connectivity index is 6.83. The van der Waals surface area contributed by atoms with Crippen LogP contribution in [0.5, 0.6) is 0 Å². The van der Waals surface area contributed by atoms with E-state index in [0.29, 0.717) is 0 Å². The van der Waals surface area contributed by atoms with Gasteiger partial charge in [0.15, 0.2) is 12.4 Å². The Hall–Kier alpha value is -0.980. The Morgan fingerprint density at radius 2 is 0.938 bits per heavy atom. The van der Waals surface area contributed by atoms with Gasteiger partial charge in [0.1, 0.15) is 18.3 Å². The first-order valence-electron chi connectivity index (χ1n) is 6.62. The molecule has 4 unspecified atom stereocenters. The minimum Gasteiger partial charge on any atom is -0.300 e. The van der Waals surface area contributed by atoms with E-state index in [0.717, 1.165) is 0 Å². The summed E-state index contributed by atoms with van der Waals surface area (Å²) in [5, 5.41) is 0. The molecule has 0 aliphatic heterocycles. The van der Waals surface area contributed by atoms with Gasteiger partial charge >= 0.3 is 52.0 Å². The standard InChI is InChI=1S/C6H12O21S5/c7-1-3(24-29(11,12)13)5(26-31(17,18)19)6(27-32(20,21)22)4(25-30(14,15)16)2-23-28(8,9)10/h1,3-6H,2H2,(H,8,9,10)(H,11,12,13)(H,14,15,16)(H,17,18,19)(H,20,21,22). The Bertz CT molecular complexity index is 1170. The van der Waals surface area contributed by atoms with Crippen LogP contribution in [0.25, 0.3) is 0 Å². The first-order chi connectivity index (χ1) is 13.9. The molecule has 0 saturated carbocycles. The van der Waals surface area contributed by atoms with Crippen LogP contribution in [0.15, 0.2) is 0 Å². The minimum absolute atomic E-state index is 0.766. The maximum atomic E-state index is 11.1. The van der Waals surface area contributed by atoms with Crippen molar-refractivity contribution >= 4 is 58.3 Å². The quantitative estimate of drug-likeness (QED) is 0.0903. The van der Waals surface area contributed by atoms with Crippen LogP contribution in [0, 0.1) is 0 Å². The molecule has 21 nitrogen and oxygen atoms in total. The van der Waals surface area contributed by atoms with Gasteiger partial charge in [-0.05, 0) is 0 Å². The third-order valence-corrected chi connectivity index (χ3v) is 4.79. The second-order valence-electron chi connectivity index (χ2n) is 4.88. The number of hydrogen-bond acceptors (Lipinski definition) is 16. The van der Waals surface area contributed by atoms with Crippen LogP contribution in [0.2, 0.25) is 0 Å². The van der Waals surface area contributed by atoms with Crippen LogP contribution in [-0.4, -0.2) is 102 Å². The van der Waals surface area contributed by atoms with Crippen molar-refractivity contribution in [2.24, 2.45) is 0 Å². The Morgan fingerprint density at radius 1 is 0.562 bits per heavy atom. The van der Waals surface area contributed by atoms with E-state index in [1.165, 1.54) is 0 Å². The molecule has 0 aromatic rings. The topological polar surface area (TPSA) is 335 Å². The normalized spacial score (nSPS) is 17.9. The number of rotatable bonds is 15. The third kappa shape index (κ3) is 15.0. The maximum absolute atomic E-state index is 11.1. The number of carbonyl (C=O) groups is 1. The molecule has 0 heterocycles. The summed E-state index contributed by atoms with van der Waals surface area (Å²) in [6.07, 6.45) is -13.5. The van der Waals surface area contributed by atoms with Gasteiger partial charge in [0.25, 0.3) is 0 Å². The average molecular weight is 580 g/mol. The van der Waals surface area contributed by atoms with E-state index in [1.54, 1.807) is 0 Å². The second-order valence-corrected chi connectivity index (χ2v) is 10.2. The van der Waals surface area contributed by atoms with Crippen LogP contribution in [-0.2, 0) is 77.7 Å². The molecule has 0 aliphatic carbocycles. The molecule has 0 bridgehead atoms. The fraction of sp³-hybridized carbons (Fsp3) is 0.833. The number of carbonyl (C=O) groups excluding carboxylic acids is 1. The van der Waals surface area contributed by atoms with Gasteiger partial charge in [0.05, 0.1) is 6.61 Å². The highest BCUT2D eigenvalue weighted by molar-refractivity contribution is 7.82. The van der Waals surface area contributed by atoms with Crippen LogP contribution in [0.3, 0.4) is 0 Å². The molecule has 192 valence electrons. The monoisotopic (exact) mass is 580 g/mol. The van der Waals surface area contributed by atoms with E-state index in [4.69, 9.17) is 22.8 Å². The molecule has 0 amide bonds. The summed E-state index contributed by atoms with van der Waals surface area (Å²) in [5.41, 5.74) is 0. The SMILES string of the molecule is O=CC(OS(=O)(=O)O)C(OS(=O)(=O)O)C(OS(=O)(=O)O)C(COS(=O)(=O)O)OS(=O)(=O)O. The highest BCUT2D eigenvalue weighted by atomic mass is 32.3. The van der Waals surface area contributed by atoms with Crippen LogP contribution in [0.1, 0.15) is 0 Å². The van der Waals surface area contributed by atoms with E-state index < -0.39 is 89.3 Å². The Kier molecular flexibility index (Phi) is 10.6. The average Bonchev–Trinajstić information content (AvgIpc) is 2.48. The molecule has 0 aromatic carbocycles. The zero-order valence-electron chi connectivity index (χ0n) is 14.4. The van der Waals surface area contributed by atoms with Crippen molar-refractivity contribution in [1.82, 2.24) is 0 Å². The van der Waals surface area contributed by atoms with Crippen LogP contribution < -0.4 is 0 Å². The van der Waals surface area contributed by atoms with Gasteiger partial charge < -0.3 is 4.79 Å². The summed E-state index contributed by atoms with van der Waals surface area (Å²) in [7, 11) is -28.9. The largest absolute Gasteiger partial charge is 0.398 e. The lowest BCUT2D eigenvalue weighted by Crippen LogP contribution is -2.53. The minimum atomic E-state index is -5.93. The number of aldehydes is 1. The summed E-state index contributed by atoms with van der Waals surface area (Å²) in [6.45, 7) is -1.96. The van der Waals surface area contributed by atoms with Gasteiger partial charge in [0.2, 0.25) is 0 Å². The van der Waals surface area contributed by atoms with E-state index >= 15 is 0 Å². The van der Waals surface area contributed by atoms with E-state index in [2.05, 4.69) is 20.9 Å². The van der Waals surface area contributed by atoms with Gasteiger partial charge in [-0.15, -0.1) is 0 Å². The molecule has 0 saturated heterocycles. The first kappa shape index (κ1) is 31.0. The molecule has 26 heteroatoms. The van der Waals surface area contributed by atoms with Gasteiger partial charge in [-0.25, -0.2) is 20.9 Å². The highest BCUT2D eigenvalue weighted by Crippen LogP contribution is 2.23. The van der Waals surface area contributed by atoms with Gasteiger partial charge in [-0.3, -0.25) is 22.8 Å². The molecule has 0 rings (SSSR count). The molecule has 32 heavy (non-hydrogen) atoms. The fourth-order valence-electron chi connectivity index (χ4n) is 1.69. The highest BCUT2D eigenvalue weighted by Gasteiger charge is 2.46. The summed E-state index contributed by atoms with van der Waals surface area (Å²) < 4.78 is 171. The molecular weight excluding hydrogens is 568 g/mol. The number of hydrogen-bond donors (Lipinski definition) is 5. The summed E-state index contributed by atoms with van der Waals surface area (Å²) in [6, 6.07) is 0. The van der Waals surface area contributed by atoms with Crippen LogP contribution >= 0.6 is 0 Å². The molecule has 4 atom stereocenters. The van der Waals surface area contributed by atoms with Gasteiger partial charge in [-0.2, -0.15) is 42.1 Å². The van der Waals surface area contributed by atoms with Crippen molar-refractivity contribution in [3.8, 4) is 0 Å². The summed E-state index contributed by atoms with van der Waals surface area (Å²) >= 11 is 0. The Labute approximate surface area is 179 Å². The summed E-state index contributed by atoms with van der Waals surface area (Å²) in [5.74, 6) is 0. The van der Waals surface area contributed by atoms with Crippen molar-refractivity contribution in [1.29, 1.82) is 0 Å². The molecule has 5 N–H and O–H groups in total. The smallest absolute Gasteiger partial charge is 0.300 e. The third-order valence-electron chi connectivity index (χ3n) is 2.47. The van der Waals surface area contributed by atoms with E-state index in [9.17, 15) is 46.9 Å². The zero-order valence-corrected chi connectivity index (χ0v) is 18.5. The van der Waals surface area contributed by atoms with Crippen molar-refractivity contribution in [2.75, 3.05) is 6.61 Å². The van der Waals surface area contributed by atoms with E-state index in [1.807, 2.05) is 0 Å². The lowest BCUT2D eigenvalue weighted by atomic mass is 10.0. The lowest BCUT2D eigenvalue weighted by molar-refractivity contribution is -0.125. The lowest BCUT2D eigenvalue weighted by Gasteiger charge is -2.31. The van der Waals surface area contributed by atoms with Crippen molar-refractivity contribution in [3.63, 3.8) is 0 Å². The van der Waals surface area contributed by atoms with Crippen molar-refractivity contribution in [2.45, 2.75) is 24.4 Å². The first-order valence-corrected chi connectivity index (χ1v) is 13.4. The van der Waals surface area contributed by atoms with E-state index in [-0.39, 0.29) is 0 Å². The summed E-state index contributed by atoms with van der Waals surface area (Å²) in [4.78, 5) is 11.1. The van der Waals surface area contributed by atoms with Crippen molar-refractivity contribution < 1.29 is 90.6 Å².